The first-order chi connectivity index (χ1) is 14.4. The van der Waals surface area contributed by atoms with Crippen LogP contribution in [0.25, 0.3) is 10.8 Å². The van der Waals surface area contributed by atoms with Crippen LogP contribution in [0.4, 0.5) is 5.69 Å². The van der Waals surface area contributed by atoms with Crippen LogP contribution in [0.3, 0.4) is 0 Å². The summed E-state index contributed by atoms with van der Waals surface area (Å²) in [4.78, 5) is 13.0. The first kappa shape index (κ1) is 22.5. The Kier molecular flexibility index (Phi) is 7.27. The molecule has 0 aliphatic carbocycles. The fraction of sp³-hybridized carbons (Fsp3) is 0.190. The predicted octanol–water partition coefficient (Wildman–Crippen LogP) is 5.36. The number of ether oxygens (including phenoxy) is 2. The van der Waals surface area contributed by atoms with Gasteiger partial charge in [-0.25, -0.2) is 8.57 Å². The van der Waals surface area contributed by atoms with E-state index in [0.717, 1.165) is 20.1 Å². The van der Waals surface area contributed by atoms with Crippen molar-refractivity contribution in [2.45, 2.75) is 9.79 Å². The summed E-state index contributed by atoms with van der Waals surface area (Å²) in [5.74, 6) is 0.436. The van der Waals surface area contributed by atoms with Gasteiger partial charge in [0.05, 0.1) is 35.5 Å². The zero-order valence-corrected chi connectivity index (χ0v) is 19.9. The van der Waals surface area contributed by atoms with Crippen molar-refractivity contribution in [3.05, 3.63) is 59.1 Å². The monoisotopic (exact) mass is 508 g/mol. The number of rotatable bonds is 7. The van der Waals surface area contributed by atoms with Gasteiger partial charge >= 0.3 is 5.97 Å². The molecule has 1 N–H and O–H groups in total. The van der Waals surface area contributed by atoms with E-state index in [1.165, 1.54) is 25.9 Å². The number of carbonyl (C=O) groups is 1. The number of hydrogen-bond acceptors (Lipinski definition) is 6. The van der Waals surface area contributed by atoms with Crippen LogP contribution in [0.2, 0.25) is 0 Å². The van der Waals surface area contributed by atoms with Crippen LogP contribution in [0.15, 0.2) is 73.2 Å². The van der Waals surface area contributed by atoms with E-state index in [2.05, 4.69) is 25.0 Å². The summed E-state index contributed by atoms with van der Waals surface area (Å²) in [6, 6.07) is 16.7. The summed E-state index contributed by atoms with van der Waals surface area (Å²) >= 11 is 4.69. The Bertz CT molecular complexity index is 1190. The van der Waals surface area contributed by atoms with E-state index in [-0.39, 0.29) is 11.7 Å². The van der Waals surface area contributed by atoms with Gasteiger partial charge in [-0.15, -0.1) is 11.8 Å². The van der Waals surface area contributed by atoms with Crippen molar-refractivity contribution in [1.82, 2.24) is 0 Å². The molecule has 3 aromatic carbocycles. The molecule has 158 valence electrons. The van der Waals surface area contributed by atoms with Gasteiger partial charge in [-0.1, -0.05) is 40.2 Å². The minimum atomic E-state index is -2.93. The average Bonchev–Trinajstić information content (AvgIpc) is 2.77. The molecule has 0 aliphatic rings. The van der Waals surface area contributed by atoms with Crippen molar-refractivity contribution in [3.8, 4) is 5.75 Å². The topological polar surface area (TPSA) is 77.0 Å². The van der Waals surface area contributed by atoms with Crippen molar-refractivity contribution >= 4 is 60.0 Å². The normalized spacial score (nSPS) is 12.8. The predicted molar refractivity (Wildman–Crippen MR) is 126 cm³/mol. The summed E-state index contributed by atoms with van der Waals surface area (Å²) < 4.78 is 32.2. The van der Waals surface area contributed by atoms with Crippen LogP contribution in [-0.2, 0) is 19.4 Å². The van der Waals surface area contributed by atoms with E-state index in [1.807, 2.05) is 42.5 Å². The molecule has 0 aromatic heterocycles. The van der Waals surface area contributed by atoms with Crippen molar-refractivity contribution in [2.75, 3.05) is 31.7 Å². The Labute approximate surface area is 188 Å². The molecule has 0 fully saturated rings. The molecule has 3 aromatic rings. The summed E-state index contributed by atoms with van der Waals surface area (Å²) in [6.45, 7) is 0. The van der Waals surface area contributed by atoms with Crippen LogP contribution in [0.1, 0.15) is 0 Å². The van der Waals surface area contributed by atoms with Gasteiger partial charge in [0.25, 0.3) is 0 Å². The number of methoxy groups -OCH3 is 2. The number of halogens is 1. The zero-order valence-electron chi connectivity index (χ0n) is 16.7. The summed E-state index contributed by atoms with van der Waals surface area (Å²) in [7, 11) is 1.53. The van der Waals surface area contributed by atoms with Gasteiger partial charge in [0.2, 0.25) is 0 Å². The molecule has 0 saturated carbocycles. The molecule has 6 nitrogen and oxygen atoms in total. The number of nitrogens with zero attached hydrogens (tertiary/aromatic N) is 1. The first-order valence-corrected chi connectivity index (χ1v) is 12.2. The van der Waals surface area contributed by atoms with Crippen molar-refractivity contribution in [2.24, 2.45) is 4.36 Å². The number of carbonyl (C=O) groups excluding carboxylic acids is 1. The van der Waals surface area contributed by atoms with Gasteiger partial charge in [-0.3, -0.25) is 9.52 Å². The molecular formula is C21H21BrN2O4S2. The van der Waals surface area contributed by atoms with Crippen molar-refractivity contribution < 1.29 is 18.5 Å². The maximum Gasteiger partial charge on any atom is 0.315 e. The molecule has 3 rings (SSSR count). The van der Waals surface area contributed by atoms with Gasteiger partial charge in [-0.05, 0) is 30.3 Å². The van der Waals surface area contributed by atoms with Crippen LogP contribution in [-0.4, -0.2) is 37.2 Å². The number of benzene rings is 3. The molecule has 30 heavy (non-hydrogen) atoms. The lowest BCUT2D eigenvalue weighted by atomic mass is 10.1. The standard InChI is InChI=1S/C21H21BrN2O4S2/c1-23-30(26,15-10-8-14(22)9-11-15)24-18-12-19(29-13-20(25)27-2)21(28-3)17-7-5-4-6-16(17)18/h4-12H,13H2,1-3H3,(H,23,24,26). The van der Waals surface area contributed by atoms with Gasteiger partial charge in [0.15, 0.2) is 9.92 Å². The Morgan fingerprint density at radius 2 is 1.80 bits per heavy atom. The quantitative estimate of drug-likeness (QED) is 0.343. The van der Waals surface area contributed by atoms with Crippen molar-refractivity contribution in [3.63, 3.8) is 0 Å². The Balaban J connectivity index is 2.13. The third kappa shape index (κ3) is 4.74. The maximum atomic E-state index is 13.7. The van der Waals surface area contributed by atoms with Crippen LogP contribution in [0, 0.1) is 0 Å². The smallest absolute Gasteiger partial charge is 0.315 e. The van der Waals surface area contributed by atoms with Crippen molar-refractivity contribution in [1.29, 1.82) is 0 Å². The lowest BCUT2D eigenvalue weighted by Gasteiger charge is -2.18. The summed E-state index contributed by atoms with van der Waals surface area (Å²) in [5, 5.41) is 1.68. The maximum absolute atomic E-state index is 13.7. The highest BCUT2D eigenvalue weighted by Gasteiger charge is 2.18. The SMILES string of the molecule is CN=S(=O)(Nc1cc(SCC(=O)OC)c(OC)c2ccccc12)c1ccc(Br)cc1. The molecule has 0 spiro atoms. The lowest BCUT2D eigenvalue weighted by molar-refractivity contribution is -0.137. The second kappa shape index (κ2) is 9.72. The van der Waals surface area contributed by atoms with E-state index in [1.54, 1.807) is 19.2 Å². The Hall–Kier alpha value is -2.23. The molecule has 9 heteroatoms. The van der Waals surface area contributed by atoms with Crippen LogP contribution in [0.5, 0.6) is 5.75 Å². The highest BCUT2D eigenvalue weighted by atomic mass is 79.9. The highest BCUT2D eigenvalue weighted by Crippen LogP contribution is 2.41. The van der Waals surface area contributed by atoms with E-state index >= 15 is 0 Å². The molecule has 1 atom stereocenters. The summed E-state index contributed by atoms with van der Waals surface area (Å²) in [5.41, 5.74) is 0.636. The first-order valence-electron chi connectivity index (χ1n) is 8.89. The fourth-order valence-corrected chi connectivity index (χ4v) is 5.47. The number of fused-ring (bicyclic) bond motifs is 1. The largest absolute Gasteiger partial charge is 0.495 e. The molecule has 0 aliphatic heterocycles. The molecule has 0 amide bonds. The molecule has 0 saturated heterocycles. The minimum Gasteiger partial charge on any atom is -0.495 e. The van der Waals surface area contributed by atoms with Crippen LogP contribution < -0.4 is 9.46 Å². The second-order valence-corrected chi connectivity index (χ2v) is 10.2. The Morgan fingerprint density at radius 1 is 1.13 bits per heavy atom. The minimum absolute atomic E-state index is 0.130. The number of esters is 1. The molecule has 0 radical (unpaired) electrons. The third-order valence-electron chi connectivity index (χ3n) is 4.38. The third-order valence-corrected chi connectivity index (χ3v) is 7.82. The van der Waals surface area contributed by atoms with E-state index < -0.39 is 9.92 Å². The second-order valence-electron chi connectivity index (χ2n) is 6.13. The Morgan fingerprint density at radius 3 is 2.40 bits per heavy atom. The number of anilines is 1. The summed E-state index contributed by atoms with van der Waals surface area (Å²) in [6.07, 6.45) is 0. The van der Waals surface area contributed by atoms with Gasteiger partial charge in [-0.2, -0.15) is 0 Å². The lowest BCUT2D eigenvalue weighted by Crippen LogP contribution is -2.13. The number of thioether (sulfide) groups is 1. The number of hydrogen-bond donors (Lipinski definition) is 1. The molecule has 0 heterocycles. The van der Waals surface area contributed by atoms with Crippen LogP contribution >= 0.6 is 27.7 Å². The van der Waals surface area contributed by atoms with E-state index in [9.17, 15) is 9.00 Å². The van der Waals surface area contributed by atoms with E-state index in [0.29, 0.717) is 16.3 Å². The molecule has 1 unspecified atom stereocenters. The zero-order chi connectivity index (χ0) is 21.7. The molecule has 0 bridgehead atoms. The fourth-order valence-electron chi connectivity index (χ4n) is 2.90. The van der Waals surface area contributed by atoms with E-state index in [4.69, 9.17) is 9.47 Å². The molecular weight excluding hydrogens is 488 g/mol. The van der Waals surface area contributed by atoms with Gasteiger partial charge in [0, 0.05) is 22.3 Å². The average molecular weight is 509 g/mol. The van der Waals surface area contributed by atoms with Gasteiger partial charge < -0.3 is 9.47 Å². The number of nitrogens with one attached hydrogen (secondary N) is 1. The van der Waals surface area contributed by atoms with Gasteiger partial charge in [0.1, 0.15) is 5.75 Å². The highest BCUT2D eigenvalue weighted by molar-refractivity contribution is 9.10.